The van der Waals surface area contributed by atoms with Gasteiger partial charge in [0, 0.05) is 5.69 Å². The lowest BCUT2D eigenvalue weighted by atomic mass is 9.90. The molecule has 2 aromatic carbocycles. The maximum atomic E-state index is 12.4. The summed E-state index contributed by atoms with van der Waals surface area (Å²) >= 11 is 0. The highest BCUT2D eigenvalue weighted by Crippen LogP contribution is 2.21. The number of nitrogens with one attached hydrogen (secondary N) is 2. The lowest BCUT2D eigenvalue weighted by Gasteiger charge is -2.29. The van der Waals surface area contributed by atoms with Crippen LogP contribution in [-0.4, -0.2) is 17.5 Å². The first-order chi connectivity index (χ1) is 11.9. The Morgan fingerprint density at radius 3 is 2.08 bits per heavy atom. The first-order valence-electron chi connectivity index (χ1n) is 8.51. The minimum absolute atomic E-state index is 0.0267. The Hall–Kier alpha value is -2.80. The molecule has 0 bridgehead atoms. The molecular weight excluding hydrogens is 310 g/mol. The van der Waals surface area contributed by atoms with Crippen LogP contribution < -0.4 is 10.6 Å². The molecule has 1 amide bonds. The number of carbonyl (C=O) groups excluding carboxylic acids is 1. The van der Waals surface area contributed by atoms with Gasteiger partial charge >= 0.3 is 0 Å². The molecular formula is C21H25N3O. The van der Waals surface area contributed by atoms with Gasteiger partial charge < -0.3 is 10.6 Å². The van der Waals surface area contributed by atoms with Gasteiger partial charge in [-0.05, 0) is 43.0 Å². The van der Waals surface area contributed by atoms with Gasteiger partial charge in [0.25, 0.3) is 0 Å². The highest BCUT2D eigenvalue weighted by Gasteiger charge is 2.31. The van der Waals surface area contributed by atoms with E-state index in [1.165, 1.54) is 0 Å². The van der Waals surface area contributed by atoms with E-state index in [2.05, 4.69) is 28.8 Å². The molecule has 0 saturated carbocycles. The molecule has 4 nitrogen and oxygen atoms in total. The summed E-state index contributed by atoms with van der Waals surface area (Å²) in [6, 6.07) is 19.9. The predicted octanol–water partition coefficient (Wildman–Crippen LogP) is 4.21. The lowest BCUT2D eigenvalue weighted by molar-refractivity contribution is -0.123. The van der Waals surface area contributed by atoms with Gasteiger partial charge in [-0.2, -0.15) is 5.26 Å². The van der Waals surface area contributed by atoms with Crippen LogP contribution in [0.4, 0.5) is 5.69 Å². The van der Waals surface area contributed by atoms with Crippen molar-refractivity contribution in [1.82, 2.24) is 5.32 Å². The summed E-state index contributed by atoms with van der Waals surface area (Å²) in [6.07, 6.45) is 0. The van der Waals surface area contributed by atoms with E-state index in [0.29, 0.717) is 0 Å². The van der Waals surface area contributed by atoms with E-state index in [1.807, 2.05) is 56.3 Å². The van der Waals surface area contributed by atoms with Gasteiger partial charge in [0.1, 0.15) is 11.6 Å². The summed E-state index contributed by atoms with van der Waals surface area (Å²) in [4.78, 5) is 12.4. The third kappa shape index (κ3) is 4.60. The fraction of sp³-hybridized carbons (Fsp3) is 0.333. The predicted molar refractivity (Wildman–Crippen MR) is 102 cm³/mol. The number of hydrogen-bond donors (Lipinski definition) is 2. The zero-order valence-electron chi connectivity index (χ0n) is 15.2. The Kier molecular flexibility index (Phi) is 5.82. The van der Waals surface area contributed by atoms with Gasteiger partial charge in [0.05, 0.1) is 6.07 Å². The van der Waals surface area contributed by atoms with Crippen molar-refractivity contribution in [2.75, 3.05) is 5.32 Å². The second kappa shape index (κ2) is 7.85. The van der Waals surface area contributed by atoms with Crippen LogP contribution in [0.15, 0.2) is 54.6 Å². The number of amides is 1. The highest BCUT2D eigenvalue weighted by atomic mass is 16.2. The van der Waals surface area contributed by atoms with Gasteiger partial charge in [-0.15, -0.1) is 0 Å². The third-order valence-corrected chi connectivity index (χ3v) is 4.54. The van der Waals surface area contributed by atoms with Crippen molar-refractivity contribution in [3.05, 3.63) is 54.6 Å². The van der Waals surface area contributed by atoms with E-state index in [0.717, 1.165) is 16.8 Å². The van der Waals surface area contributed by atoms with Crippen molar-refractivity contribution >= 4 is 11.6 Å². The average molecular weight is 335 g/mol. The molecule has 0 aliphatic heterocycles. The molecule has 4 heteroatoms. The molecule has 0 spiro atoms. The SMILES string of the molecule is CC(Nc1ccc(-c2ccccc2)cc1)C(=O)NC(C)(C#N)C(C)C. The normalized spacial score (nSPS) is 14.2. The second-order valence-corrected chi connectivity index (χ2v) is 6.77. The molecule has 2 aromatic rings. The van der Waals surface area contributed by atoms with Crippen LogP contribution in [0.1, 0.15) is 27.7 Å². The van der Waals surface area contributed by atoms with Crippen LogP contribution >= 0.6 is 0 Å². The number of anilines is 1. The minimum Gasteiger partial charge on any atom is -0.374 e. The summed E-state index contributed by atoms with van der Waals surface area (Å²) in [5.74, 6) is -0.163. The molecule has 0 radical (unpaired) electrons. The Balaban J connectivity index is 2.02. The van der Waals surface area contributed by atoms with Crippen LogP contribution in [-0.2, 0) is 4.79 Å². The van der Waals surface area contributed by atoms with E-state index in [9.17, 15) is 10.1 Å². The van der Waals surface area contributed by atoms with E-state index in [-0.39, 0.29) is 11.8 Å². The summed E-state index contributed by atoms with van der Waals surface area (Å²) in [7, 11) is 0. The van der Waals surface area contributed by atoms with Gasteiger partial charge in [-0.25, -0.2) is 0 Å². The third-order valence-electron chi connectivity index (χ3n) is 4.54. The largest absolute Gasteiger partial charge is 0.374 e. The Bertz CT molecular complexity index is 747. The molecule has 2 rings (SSSR count). The van der Waals surface area contributed by atoms with E-state index >= 15 is 0 Å². The highest BCUT2D eigenvalue weighted by molar-refractivity contribution is 5.85. The second-order valence-electron chi connectivity index (χ2n) is 6.77. The molecule has 25 heavy (non-hydrogen) atoms. The van der Waals surface area contributed by atoms with Crippen molar-refractivity contribution in [2.24, 2.45) is 5.92 Å². The van der Waals surface area contributed by atoms with E-state index in [4.69, 9.17) is 0 Å². The van der Waals surface area contributed by atoms with Crippen molar-refractivity contribution in [3.8, 4) is 17.2 Å². The van der Waals surface area contributed by atoms with Crippen LogP contribution in [0, 0.1) is 17.2 Å². The molecule has 2 unspecified atom stereocenters. The van der Waals surface area contributed by atoms with Crippen molar-refractivity contribution < 1.29 is 4.79 Å². The minimum atomic E-state index is -0.871. The summed E-state index contributed by atoms with van der Waals surface area (Å²) in [5.41, 5.74) is 2.27. The molecule has 0 saturated heterocycles. The first kappa shape index (κ1) is 18.5. The van der Waals surface area contributed by atoms with Gasteiger partial charge in [0.2, 0.25) is 5.91 Å². The molecule has 130 valence electrons. The van der Waals surface area contributed by atoms with Gasteiger partial charge in [0.15, 0.2) is 0 Å². The molecule has 2 N–H and O–H groups in total. The van der Waals surface area contributed by atoms with Gasteiger partial charge in [-0.3, -0.25) is 4.79 Å². The zero-order valence-corrected chi connectivity index (χ0v) is 15.2. The Morgan fingerprint density at radius 1 is 1.00 bits per heavy atom. The van der Waals surface area contributed by atoms with Crippen LogP contribution in [0.5, 0.6) is 0 Å². The zero-order chi connectivity index (χ0) is 18.4. The van der Waals surface area contributed by atoms with Crippen molar-refractivity contribution in [1.29, 1.82) is 5.26 Å². The molecule has 0 aliphatic rings. The Labute approximate surface area is 149 Å². The number of nitrogens with zero attached hydrogens (tertiary/aromatic N) is 1. The monoisotopic (exact) mass is 335 g/mol. The maximum Gasteiger partial charge on any atom is 0.243 e. The quantitative estimate of drug-likeness (QED) is 0.831. The smallest absolute Gasteiger partial charge is 0.243 e. The fourth-order valence-electron chi connectivity index (χ4n) is 2.37. The molecule has 0 aliphatic carbocycles. The number of benzene rings is 2. The number of rotatable bonds is 6. The van der Waals surface area contributed by atoms with Crippen molar-refractivity contribution in [3.63, 3.8) is 0 Å². The summed E-state index contributed by atoms with van der Waals surface area (Å²) < 4.78 is 0. The molecule has 0 aromatic heterocycles. The maximum absolute atomic E-state index is 12.4. The molecule has 0 fully saturated rings. The number of nitriles is 1. The van der Waals surface area contributed by atoms with Crippen LogP contribution in [0.2, 0.25) is 0 Å². The standard InChI is InChI=1S/C21H25N3O/c1-15(2)21(4,14-22)24-20(25)16(3)23-19-12-10-18(11-13-19)17-8-6-5-7-9-17/h5-13,15-16,23H,1-4H3,(H,24,25). The fourth-order valence-corrected chi connectivity index (χ4v) is 2.37. The van der Waals surface area contributed by atoms with E-state index < -0.39 is 11.6 Å². The molecule has 2 atom stereocenters. The van der Waals surface area contributed by atoms with Crippen LogP contribution in [0.3, 0.4) is 0 Å². The van der Waals surface area contributed by atoms with Gasteiger partial charge in [-0.1, -0.05) is 56.3 Å². The lowest BCUT2D eigenvalue weighted by Crippen LogP contribution is -2.52. The first-order valence-corrected chi connectivity index (χ1v) is 8.51. The van der Waals surface area contributed by atoms with E-state index in [1.54, 1.807) is 13.8 Å². The summed E-state index contributed by atoms with van der Waals surface area (Å²) in [6.45, 7) is 7.38. The Morgan fingerprint density at radius 2 is 1.56 bits per heavy atom. The topological polar surface area (TPSA) is 64.9 Å². The number of carbonyl (C=O) groups is 1. The van der Waals surface area contributed by atoms with Crippen molar-refractivity contribution in [2.45, 2.75) is 39.3 Å². The average Bonchev–Trinajstić information content (AvgIpc) is 2.62. The molecule has 0 heterocycles. The number of hydrogen-bond acceptors (Lipinski definition) is 3. The van der Waals surface area contributed by atoms with Crippen LogP contribution in [0.25, 0.3) is 11.1 Å². The summed E-state index contributed by atoms with van der Waals surface area (Å²) in [5, 5.41) is 15.4.